The fourth-order valence-corrected chi connectivity index (χ4v) is 2.51. The van der Waals surface area contributed by atoms with Crippen molar-refractivity contribution in [2.45, 2.75) is 0 Å². The van der Waals surface area contributed by atoms with E-state index >= 15 is 0 Å². The van der Waals surface area contributed by atoms with Crippen LogP contribution >= 0.6 is 0 Å². The lowest BCUT2D eigenvalue weighted by Crippen LogP contribution is -2.36. The highest BCUT2D eigenvalue weighted by molar-refractivity contribution is 5.81. The number of hydrogen-bond donors (Lipinski definition) is 1. The first-order valence-corrected chi connectivity index (χ1v) is 7.33. The van der Waals surface area contributed by atoms with Gasteiger partial charge < -0.3 is 15.4 Å². The predicted octanol–water partition coefficient (Wildman–Crippen LogP) is 0.901. The zero-order chi connectivity index (χ0) is 15.6. The summed E-state index contributed by atoms with van der Waals surface area (Å²) in [7, 11) is 0. The molecule has 1 saturated heterocycles. The third-order valence-corrected chi connectivity index (χ3v) is 3.75. The Morgan fingerprint density at radius 3 is 2.65 bits per heavy atom. The Morgan fingerprint density at radius 2 is 1.87 bits per heavy atom. The van der Waals surface area contributed by atoms with Crippen LogP contribution in [0.15, 0.2) is 30.9 Å². The minimum Gasteiger partial charge on any atom is -0.382 e. The number of aromatic nitrogens is 5. The maximum atomic E-state index is 5.77. The van der Waals surface area contributed by atoms with Gasteiger partial charge in [-0.15, -0.1) is 0 Å². The molecule has 0 amide bonds. The van der Waals surface area contributed by atoms with Crippen LogP contribution in [-0.4, -0.2) is 51.2 Å². The second-order valence-electron chi connectivity index (χ2n) is 5.19. The van der Waals surface area contributed by atoms with E-state index in [2.05, 4.69) is 29.8 Å². The topological polar surface area (TPSA) is 103 Å². The summed E-state index contributed by atoms with van der Waals surface area (Å²) in [6, 6.07) is 3.97. The van der Waals surface area contributed by atoms with Crippen molar-refractivity contribution in [3.8, 4) is 11.3 Å². The zero-order valence-corrected chi connectivity index (χ0v) is 12.4. The minimum absolute atomic E-state index is 0.329. The van der Waals surface area contributed by atoms with Gasteiger partial charge in [-0.25, -0.2) is 24.9 Å². The lowest BCUT2D eigenvalue weighted by molar-refractivity contribution is 0.122. The number of fused-ring (bicyclic) bond motifs is 1. The zero-order valence-electron chi connectivity index (χ0n) is 12.4. The monoisotopic (exact) mass is 309 g/mol. The van der Waals surface area contributed by atoms with Crippen molar-refractivity contribution in [3.05, 3.63) is 30.9 Å². The largest absolute Gasteiger partial charge is 0.382 e. The van der Waals surface area contributed by atoms with Crippen LogP contribution in [0, 0.1) is 0 Å². The average Bonchev–Trinajstić information content (AvgIpc) is 2.63. The highest BCUT2D eigenvalue weighted by Gasteiger charge is 2.13. The summed E-state index contributed by atoms with van der Waals surface area (Å²) in [6.07, 6.45) is 4.84. The molecule has 0 bridgehead atoms. The number of rotatable bonds is 2. The SMILES string of the molecule is Nc1ncnc2nc(-c3ccc(N4CCOCC4)nc3)cnc12. The maximum Gasteiger partial charge on any atom is 0.184 e. The van der Waals surface area contributed by atoms with E-state index in [0.29, 0.717) is 22.7 Å². The fraction of sp³-hybridized carbons (Fsp3) is 0.267. The summed E-state index contributed by atoms with van der Waals surface area (Å²) >= 11 is 0. The minimum atomic E-state index is 0.329. The Hall–Kier alpha value is -2.87. The predicted molar refractivity (Wildman–Crippen MR) is 85.8 cm³/mol. The van der Waals surface area contributed by atoms with Crippen molar-refractivity contribution in [1.29, 1.82) is 0 Å². The number of morpholine rings is 1. The summed E-state index contributed by atoms with van der Waals surface area (Å²) in [6.45, 7) is 3.19. The number of nitrogens with two attached hydrogens (primary N) is 1. The summed E-state index contributed by atoms with van der Waals surface area (Å²) in [4.78, 5) is 23.5. The van der Waals surface area contributed by atoms with E-state index < -0.39 is 0 Å². The van der Waals surface area contributed by atoms with Crippen LogP contribution in [0.2, 0.25) is 0 Å². The van der Waals surface area contributed by atoms with Gasteiger partial charge in [0.15, 0.2) is 11.5 Å². The van der Waals surface area contributed by atoms with Gasteiger partial charge in [-0.05, 0) is 12.1 Å². The van der Waals surface area contributed by atoms with Crippen molar-refractivity contribution >= 4 is 22.8 Å². The molecule has 23 heavy (non-hydrogen) atoms. The Bertz CT molecular complexity index is 831. The van der Waals surface area contributed by atoms with Crippen molar-refractivity contribution in [2.75, 3.05) is 36.9 Å². The lowest BCUT2D eigenvalue weighted by atomic mass is 10.2. The molecule has 4 rings (SSSR count). The van der Waals surface area contributed by atoms with Crippen molar-refractivity contribution in [1.82, 2.24) is 24.9 Å². The molecule has 1 fully saturated rings. The Balaban J connectivity index is 1.65. The molecule has 0 aliphatic carbocycles. The molecule has 0 aromatic carbocycles. The van der Waals surface area contributed by atoms with Crippen LogP contribution in [0.1, 0.15) is 0 Å². The molecule has 3 aromatic heterocycles. The maximum absolute atomic E-state index is 5.77. The van der Waals surface area contributed by atoms with E-state index in [1.807, 2.05) is 12.1 Å². The molecule has 8 heteroatoms. The van der Waals surface area contributed by atoms with E-state index in [1.165, 1.54) is 6.33 Å². The molecule has 1 aliphatic rings. The average molecular weight is 309 g/mol. The van der Waals surface area contributed by atoms with Crippen LogP contribution in [0.4, 0.5) is 11.6 Å². The molecule has 2 N–H and O–H groups in total. The molecule has 0 saturated carbocycles. The van der Waals surface area contributed by atoms with Gasteiger partial charge in [0, 0.05) is 24.8 Å². The summed E-state index contributed by atoms with van der Waals surface area (Å²) in [5.74, 6) is 1.27. The molecule has 3 aromatic rings. The Labute approximate surface area is 132 Å². The standard InChI is InChI=1S/C15H15N7O/c16-14-13-15(20-9-19-14)21-11(8-18-13)10-1-2-12(17-7-10)22-3-5-23-6-4-22/h1-2,7-9H,3-6H2,(H2,16,19,20,21). The second-order valence-corrected chi connectivity index (χ2v) is 5.19. The third kappa shape index (κ3) is 2.64. The van der Waals surface area contributed by atoms with Gasteiger partial charge in [-0.2, -0.15) is 0 Å². The van der Waals surface area contributed by atoms with Crippen LogP contribution < -0.4 is 10.6 Å². The van der Waals surface area contributed by atoms with Gasteiger partial charge in [0.25, 0.3) is 0 Å². The van der Waals surface area contributed by atoms with Crippen LogP contribution in [0.25, 0.3) is 22.4 Å². The first-order chi connectivity index (χ1) is 11.3. The van der Waals surface area contributed by atoms with E-state index in [0.717, 1.165) is 37.7 Å². The van der Waals surface area contributed by atoms with Crippen LogP contribution in [0.3, 0.4) is 0 Å². The first kappa shape index (κ1) is 13.8. The van der Waals surface area contributed by atoms with Gasteiger partial charge in [0.05, 0.1) is 25.1 Å². The highest BCUT2D eigenvalue weighted by Crippen LogP contribution is 2.21. The molecular weight excluding hydrogens is 294 g/mol. The normalized spacial score (nSPS) is 15.0. The molecule has 4 heterocycles. The van der Waals surface area contributed by atoms with Gasteiger partial charge in [0.1, 0.15) is 17.7 Å². The Kier molecular flexibility index (Phi) is 3.43. The smallest absolute Gasteiger partial charge is 0.184 e. The van der Waals surface area contributed by atoms with E-state index in [1.54, 1.807) is 12.4 Å². The lowest BCUT2D eigenvalue weighted by Gasteiger charge is -2.27. The number of pyridine rings is 1. The third-order valence-electron chi connectivity index (χ3n) is 3.75. The van der Waals surface area contributed by atoms with E-state index in [-0.39, 0.29) is 0 Å². The molecule has 0 spiro atoms. The molecule has 8 nitrogen and oxygen atoms in total. The molecule has 0 radical (unpaired) electrons. The summed E-state index contributed by atoms with van der Waals surface area (Å²) in [5.41, 5.74) is 8.34. The summed E-state index contributed by atoms with van der Waals surface area (Å²) < 4.78 is 5.35. The van der Waals surface area contributed by atoms with Gasteiger partial charge >= 0.3 is 0 Å². The van der Waals surface area contributed by atoms with E-state index in [9.17, 15) is 0 Å². The fourth-order valence-electron chi connectivity index (χ4n) is 2.51. The number of nitrogens with zero attached hydrogens (tertiary/aromatic N) is 6. The van der Waals surface area contributed by atoms with Crippen molar-refractivity contribution in [3.63, 3.8) is 0 Å². The Morgan fingerprint density at radius 1 is 1.00 bits per heavy atom. The quantitative estimate of drug-likeness (QED) is 0.745. The second kappa shape index (κ2) is 5.73. The number of hydrogen-bond acceptors (Lipinski definition) is 8. The van der Waals surface area contributed by atoms with Gasteiger partial charge in [-0.1, -0.05) is 0 Å². The van der Waals surface area contributed by atoms with Crippen LogP contribution in [0.5, 0.6) is 0 Å². The van der Waals surface area contributed by atoms with Gasteiger partial charge in [-0.3, -0.25) is 0 Å². The van der Waals surface area contributed by atoms with Crippen molar-refractivity contribution in [2.24, 2.45) is 0 Å². The summed E-state index contributed by atoms with van der Waals surface area (Å²) in [5, 5.41) is 0. The number of anilines is 2. The van der Waals surface area contributed by atoms with E-state index in [4.69, 9.17) is 10.5 Å². The molecule has 0 unspecified atom stereocenters. The van der Waals surface area contributed by atoms with Crippen molar-refractivity contribution < 1.29 is 4.74 Å². The molecule has 116 valence electrons. The number of nitrogen functional groups attached to an aromatic ring is 1. The van der Waals surface area contributed by atoms with Gasteiger partial charge in [0.2, 0.25) is 0 Å². The molecule has 1 aliphatic heterocycles. The molecular formula is C15H15N7O. The van der Waals surface area contributed by atoms with Crippen LogP contribution in [-0.2, 0) is 4.74 Å². The highest BCUT2D eigenvalue weighted by atomic mass is 16.5. The first-order valence-electron chi connectivity index (χ1n) is 7.33. The molecule has 0 atom stereocenters. The number of ether oxygens (including phenoxy) is 1.